The van der Waals surface area contributed by atoms with Gasteiger partial charge in [-0.25, -0.2) is 4.79 Å². The summed E-state index contributed by atoms with van der Waals surface area (Å²) in [5, 5.41) is 9.56. The average molecular weight is 577 g/mol. The maximum Gasteiger partial charge on any atom is 0.331 e. The lowest BCUT2D eigenvalue weighted by Crippen LogP contribution is -2.00. The number of carboxylic acid groups (broad SMARTS) is 1. The number of hydrogen-bond acceptors (Lipinski definition) is 1. The van der Waals surface area contributed by atoms with Crippen molar-refractivity contribution < 1.29 is 9.90 Å². The smallest absolute Gasteiger partial charge is 0.331 e. The monoisotopic (exact) mass is 577 g/mol. The van der Waals surface area contributed by atoms with Gasteiger partial charge in [0.2, 0.25) is 0 Å². The van der Waals surface area contributed by atoms with Crippen LogP contribution in [0.5, 0.6) is 0 Å². The van der Waals surface area contributed by atoms with Crippen molar-refractivity contribution in [3.8, 4) is 0 Å². The molecule has 0 aromatic heterocycles. The number of unbranched alkanes of at least 4 members (excludes halogenated alkanes) is 31. The third kappa shape index (κ3) is 33.6. The van der Waals surface area contributed by atoms with E-state index in [1.165, 1.54) is 193 Å². The molecule has 0 aromatic rings. The number of rotatable bonds is 35. The molecule has 2 heteroatoms. The van der Waals surface area contributed by atoms with Gasteiger partial charge in [0.1, 0.15) is 0 Å². The molecule has 244 valence electrons. The maximum absolute atomic E-state index is 11.6. The van der Waals surface area contributed by atoms with E-state index in [4.69, 9.17) is 0 Å². The van der Waals surface area contributed by atoms with Crippen molar-refractivity contribution in [2.45, 2.75) is 232 Å². The van der Waals surface area contributed by atoms with Crippen molar-refractivity contribution in [1.82, 2.24) is 0 Å². The zero-order chi connectivity index (χ0) is 29.9. The Balaban J connectivity index is 3.44. The van der Waals surface area contributed by atoms with Gasteiger partial charge in [-0.2, -0.15) is 0 Å². The van der Waals surface area contributed by atoms with Crippen molar-refractivity contribution in [2.24, 2.45) is 0 Å². The van der Waals surface area contributed by atoms with Gasteiger partial charge < -0.3 is 5.11 Å². The second-order valence-corrected chi connectivity index (χ2v) is 13.2. The van der Waals surface area contributed by atoms with E-state index >= 15 is 0 Å². The van der Waals surface area contributed by atoms with E-state index in [9.17, 15) is 9.90 Å². The predicted molar refractivity (Wildman–Crippen MR) is 184 cm³/mol. The second-order valence-electron chi connectivity index (χ2n) is 13.2. The van der Waals surface area contributed by atoms with E-state index in [1.54, 1.807) is 0 Å². The number of hydrogen-bond donors (Lipinski definition) is 1. The molecule has 0 aliphatic heterocycles. The summed E-state index contributed by atoms with van der Waals surface area (Å²) in [4.78, 5) is 11.6. The highest BCUT2D eigenvalue weighted by Gasteiger charge is 2.06. The molecule has 1 N–H and O–H groups in total. The fraction of sp³-hybridized carbons (Fsp3) is 0.923. The Morgan fingerprint density at radius 3 is 0.902 bits per heavy atom. The van der Waals surface area contributed by atoms with Gasteiger partial charge in [-0.05, 0) is 25.7 Å². The van der Waals surface area contributed by atoms with Crippen molar-refractivity contribution in [3.63, 3.8) is 0 Å². The Morgan fingerprint density at radius 2 is 0.634 bits per heavy atom. The standard InChI is InChI=1S/C39H76O2/c1-3-5-7-9-11-13-15-17-19-20-21-23-25-27-29-31-33-35-37-38(39(40)41)36-34-32-30-28-26-24-22-18-16-14-12-10-8-6-4-2/h36H,3-35,37H2,1-2H3,(H,40,41). The number of carboxylic acids is 1. The van der Waals surface area contributed by atoms with Gasteiger partial charge >= 0.3 is 5.97 Å². The van der Waals surface area contributed by atoms with Crippen LogP contribution in [0, 0.1) is 0 Å². The van der Waals surface area contributed by atoms with E-state index < -0.39 is 5.97 Å². The number of aliphatic carboxylic acids is 1. The molecular formula is C39H76O2. The summed E-state index contributed by atoms with van der Waals surface area (Å²) < 4.78 is 0. The van der Waals surface area contributed by atoms with Crippen LogP contribution in [-0.4, -0.2) is 11.1 Å². The first-order chi connectivity index (χ1) is 20.2. The van der Waals surface area contributed by atoms with Crippen LogP contribution < -0.4 is 0 Å². The summed E-state index contributed by atoms with van der Waals surface area (Å²) >= 11 is 0. The fourth-order valence-electron chi connectivity index (χ4n) is 6.13. The van der Waals surface area contributed by atoms with Gasteiger partial charge in [-0.1, -0.05) is 213 Å². The Morgan fingerprint density at radius 1 is 0.390 bits per heavy atom. The van der Waals surface area contributed by atoms with Crippen LogP contribution >= 0.6 is 0 Å². The Labute approximate surface area is 259 Å². The van der Waals surface area contributed by atoms with Gasteiger partial charge in [0.25, 0.3) is 0 Å². The van der Waals surface area contributed by atoms with Gasteiger partial charge in [-0.15, -0.1) is 0 Å². The lowest BCUT2D eigenvalue weighted by Gasteiger charge is -2.05. The van der Waals surface area contributed by atoms with Crippen molar-refractivity contribution in [2.75, 3.05) is 0 Å². The second kappa shape index (κ2) is 35.4. The van der Waals surface area contributed by atoms with Crippen LogP contribution in [0.3, 0.4) is 0 Å². The first-order valence-corrected chi connectivity index (χ1v) is 19.1. The Kier molecular flexibility index (Phi) is 34.7. The fourth-order valence-corrected chi connectivity index (χ4v) is 6.13. The molecule has 0 fully saturated rings. The van der Waals surface area contributed by atoms with Gasteiger partial charge in [-0.3, -0.25) is 0 Å². The molecule has 0 aliphatic rings. The number of allylic oxidation sites excluding steroid dienone is 1. The Bertz CT molecular complexity index is 538. The molecule has 41 heavy (non-hydrogen) atoms. The van der Waals surface area contributed by atoms with Crippen molar-refractivity contribution in [3.05, 3.63) is 11.6 Å². The van der Waals surface area contributed by atoms with Crippen LogP contribution in [0.2, 0.25) is 0 Å². The summed E-state index contributed by atoms with van der Waals surface area (Å²) in [5.41, 5.74) is 0.663. The summed E-state index contributed by atoms with van der Waals surface area (Å²) in [5.74, 6) is -0.692. The van der Waals surface area contributed by atoms with Crippen molar-refractivity contribution in [1.29, 1.82) is 0 Å². The zero-order valence-corrected chi connectivity index (χ0v) is 28.5. The molecule has 0 saturated heterocycles. The highest BCUT2D eigenvalue weighted by molar-refractivity contribution is 5.86. The average Bonchev–Trinajstić information content (AvgIpc) is 2.97. The quantitative estimate of drug-likeness (QED) is 0.0601. The molecule has 0 amide bonds. The molecule has 0 aliphatic carbocycles. The van der Waals surface area contributed by atoms with Crippen molar-refractivity contribution >= 4 is 5.97 Å². The first kappa shape index (κ1) is 40.2. The van der Waals surface area contributed by atoms with Crippen LogP contribution in [-0.2, 0) is 4.79 Å². The SMILES string of the molecule is CCCCCCCCCCCCCCCCC=C(CCCCCCCCCCCCCCCCCCCC)C(=O)O. The molecule has 0 atom stereocenters. The van der Waals surface area contributed by atoms with Crippen LogP contribution in [0.4, 0.5) is 0 Å². The minimum Gasteiger partial charge on any atom is -0.478 e. The molecule has 0 saturated carbocycles. The summed E-state index contributed by atoms with van der Waals surface area (Å²) in [6.07, 6.45) is 47.6. The lowest BCUT2D eigenvalue weighted by atomic mass is 10.0. The van der Waals surface area contributed by atoms with Gasteiger partial charge in [0, 0.05) is 5.57 Å². The van der Waals surface area contributed by atoms with E-state index in [0.717, 1.165) is 25.7 Å². The third-order valence-electron chi connectivity index (χ3n) is 9.02. The molecule has 2 nitrogen and oxygen atoms in total. The topological polar surface area (TPSA) is 37.3 Å². The number of carbonyl (C=O) groups is 1. The summed E-state index contributed by atoms with van der Waals surface area (Å²) in [6.45, 7) is 4.58. The van der Waals surface area contributed by atoms with E-state index in [-0.39, 0.29) is 0 Å². The minimum absolute atomic E-state index is 0.663. The maximum atomic E-state index is 11.6. The molecule has 0 rings (SSSR count). The summed E-state index contributed by atoms with van der Waals surface area (Å²) in [7, 11) is 0. The van der Waals surface area contributed by atoms with Gasteiger partial charge in [0.05, 0.1) is 0 Å². The van der Waals surface area contributed by atoms with E-state index in [2.05, 4.69) is 13.8 Å². The zero-order valence-electron chi connectivity index (χ0n) is 28.5. The highest BCUT2D eigenvalue weighted by atomic mass is 16.4. The molecule has 0 radical (unpaired) electrons. The molecule has 0 unspecified atom stereocenters. The predicted octanol–water partition coefficient (Wildman–Crippen LogP) is 14.3. The van der Waals surface area contributed by atoms with Crippen LogP contribution in [0.1, 0.15) is 232 Å². The molecule has 0 heterocycles. The van der Waals surface area contributed by atoms with E-state index in [0.29, 0.717) is 5.57 Å². The minimum atomic E-state index is -0.692. The normalized spacial score (nSPS) is 11.9. The van der Waals surface area contributed by atoms with Crippen LogP contribution in [0.25, 0.3) is 0 Å². The summed E-state index contributed by atoms with van der Waals surface area (Å²) in [6, 6.07) is 0. The molecule has 0 spiro atoms. The largest absolute Gasteiger partial charge is 0.478 e. The molecular weight excluding hydrogens is 500 g/mol. The third-order valence-corrected chi connectivity index (χ3v) is 9.02. The Hall–Kier alpha value is -0.790. The van der Waals surface area contributed by atoms with Crippen LogP contribution in [0.15, 0.2) is 11.6 Å². The highest BCUT2D eigenvalue weighted by Crippen LogP contribution is 2.17. The lowest BCUT2D eigenvalue weighted by molar-refractivity contribution is -0.132. The molecule has 0 bridgehead atoms. The molecule has 0 aromatic carbocycles. The first-order valence-electron chi connectivity index (χ1n) is 19.1. The van der Waals surface area contributed by atoms with Gasteiger partial charge in [0.15, 0.2) is 0 Å². The van der Waals surface area contributed by atoms with E-state index in [1.807, 2.05) is 6.08 Å².